The van der Waals surface area contributed by atoms with E-state index in [0.717, 1.165) is 18.2 Å². The van der Waals surface area contributed by atoms with Crippen LogP contribution in [0.4, 0.5) is 0 Å². The summed E-state index contributed by atoms with van der Waals surface area (Å²) in [6, 6.07) is 3.39. The zero-order valence-corrected chi connectivity index (χ0v) is 26.6. The molecule has 0 aromatic carbocycles. The summed E-state index contributed by atoms with van der Waals surface area (Å²) in [6.07, 6.45) is -0.00805. The third-order valence-electron chi connectivity index (χ3n) is 7.73. The highest BCUT2D eigenvalue weighted by molar-refractivity contribution is 6.76. The van der Waals surface area contributed by atoms with Gasteiger partial charge in [0.05, 0.1) is 30.0 Å². The molecule has 0 spiro atoms. The molecule has 2 aliphatic heterocycles. The van der Waals surface area contributed by atoms with E-state index in [4.69, 9.17) is 44.9 Å². The first-order valence-electron chi connectivity index (χ1n) is 13.4. The molecule has 2 aromatic rings. The summed E-state index contributed by atoms with van der Waals surface area (Å²) in [5.41, 5.74) is 2.23. The molecule has 11 heteroatoms. The zero-order chi connectivity index (χ0) is 27.2. The molecular formula is C26H44ClN3O5Si2. The van der Waals surface area contributed by atoms with E-state index in [1.165, 1.54) is 0 Å². The van der Waals surface area contributed by atoms with Gasteiger partial charge in [-0.3, -0.25) is 4.57 Å². The van der Waals surface area contributed by atoms with Gasteiger partial charge >= 0.3 is 6.01 Å². The smallest absolute Gasteiger partial charge is 0.301 e. The van der Waals surface area contributed by atoms with Crippen molar-refractivity contribution in [2.24, 2.45) is 0 Å². The highest BCUT2D eigenvalue weighted by Gasteiger charge is 2.52. The number of pyridine rings is 1. The van der Waals surface area contributed by atoms with E-state index in [1.807, 2.05) is 17.6 Å². The molecule has 8 nitrogen and oxygen atoms in total. The van der Waals surface area contributed by atoms with Crippen LogP contribution in [-0.2, 0) is 31.8 Å². The lowest BCUT2D eigenvalue weighted by molar-refractivity contribution is 0.00687. The molecule has 4 unspecified atom stereocenters. The Bertz CT molecular complexity index is 1100. The van der Waals surface area contributed by atoms with Crippen molar-refractivity contribution in [2.45, 2.75) is 109 Å². The number of rotatable bonds is 10. The third-order valence-corrected chi connectivity index (χ3v) is 14.3. The number of ether oxygens (including phenoxy) is 4. The topological polar surface area (TPSA) is 76.9 Å². The molecule has 4 rings (SSSR count). The number of aryl methyl sites for hydroxylation is 1. The van der Waals surface area contributed by atoms with Gasteiger partial charge in [-0.15, -0.1) is 0 Å². The molecule has 2 saturated heterocycles. The fourth-order valence-electron chi connectivity index (χ4n) is 4.35. The van der Waals surface area contributed by atoms with Gasteiger partial charge in [0.1, 0.15) is 24.5 Å². The van der Waals surface area contributed by atoms with E-state index in [9.17, 15) is 0 Å². The highest BCUT2D eigenvalue weighted by atomic mass is 35.5. The predicted molar refractivity (Wildman–Crippen MR) is 152 cm³/mol. The molecule has 4 heterocycles. The largest absolute Gasteiger partial charge is 0.456 e. The number of nitrogens with zero attached hydrogens (tertiary/aromatic N) is 3. The van der Waals surface area contributed by atoms with Gasteiger partial charge in [0.25, 0.3) is 0 Å². The molecule has 37 heavy (non-hydrogen) atoms. The summed E-state index contributed by atoms with van der Waals surface area (Å²) in [7, 11) is -3.16. The second kappa shape index (κ2) is 10.9. The Labute approximate surface area is 228 Å². The number of hydrogen-bond acceptors (Lipinski definition) is 7. The van der Waals surface area contributed by atoms with Crippen LogP contribution in [0.3, 0.4) is 0 Å². The maximum atomic E-state index is 6.65. The second-order valence-electron chi connectivity index (χ2n) is 13.0. The molecule has 208 valence electrons. The van der Waals surface area contributed by atoms with Crippen LogP contribution in [0.15, 0.2) is 6.07 Å². The van der Waals surface area contributed by atoms with Gasteiger partial charge in [-0.2, -0.15) is 4.98 Å². The van der Waals surface area contributed by atoms with E-state index in [1.54, 1.807) is 0 Å². The molecule has 0 radical (unpaired) electrons. The third kappa shape index (κ3) is 6.42. The quantitative estimate of drug-likeness (QED) is 0.260. The Balaban J connectivity index is 1.52. The fourth-order valence-corrected chi connectivity index (χ4v) is 6.70. The van der Waals surface area contributed by atoms with E-state index in [0.29, 0.717) is 48.7 Å². The number of halogens is 1. The minimum atomic E-state index is -1.96. The van der Waals surface area contributed by atoms with Crippen molar-refractivity contribution in [1.82, 2.24) is 14.5 Å². The number of fused-ring (bicyclic) bond motifs is 2. The van der Waals surface area contributed by atoms with Crippen molar-refractivity contribution in [2.75, 3.05) is 19.8 Å². The summed E-state index contributed by atoms with van der Waals surface area (Å²) >= 11 is 6.46. The molecule has 2 aliphatic rings. The standard InChI is InChI=1S/C26H44ClN3O5Si2/c1-10-18-17(27)13-19-24(28-18)30(16-31-11-12-36(5,6)7)25(29-19)34-20-14-32-23-21(15-33-22(20)23)35-37(8,9)26(2,3)4/h13,20-23H,10-12,14-16H2,1-9H3. The van der Waals surface area contributed by atoms with Crippen LogP contribution < -0.4 is 4.74 Å². The molecule has 0 N–H and O–H groups in total. The molecule has 2 fully saturated rings. The molecule has 0 bridgehead atoms. The Hall–Kier alpha value is -1.02. The fraction of sp³-hybridized carbons (Fsp3) is 0.769. The SMILES string of the molecule is CCc1nc2c(cc1Cl)nc(OC1COC3C(O[Si](C)(C)C(C)(C)C)COC13)n2COCC[Si](C)(C)C. The molecule has 0 amide bonds. The first kappa shape index (κ1) is 29.0. The molecule has 2 aromatic heterocycles. The van der Waals surface area contributed by atoms with E-state index >= 15 is 0 Å². The average Bonchev–Trinajstić information content (AvgIpc) is 3.44. The molecule has 0 aliphatic carbocycles. The molecule has 4 atom stereocenters. The first-order valence-corrected chi connectivity index (χ1v) is 20.4. The summed E-state index contributed by atoms with van der Waals surface area (Å²) in [5.74, 6) is 0. The van der Waals surface area contributed by atoms with E-state index in [2.05, 4.69) is 53.5 Å². The maximum absolute atomic E-state index is 6.65. The van der Waals surface area contributed by atoms with Gasteiger partial charge in [0, 0.05) is 14.7 Å². The van der Waals surface area contributed by atoms with Crippen LogP contribution in [0.2, 0.25) is 48.8 Å². The Morgan fingerprint density at radius 2 is 1.70 bits per heavy atom. The Kier molecular flexibility index (Phi) is 8.51. The van der Waals surface area contributed by atoms with Gasteiger partial charge in [-0.1, -0.05) is 58.9 Å². The van der Waals surface area contributed by atoms with Crippen LogP contribution >= 0.6 is 11.6 Å². The summed E-state index contributed by atoms with van der Waals surface area (Å²) in [6.45, 7) is 22.3. The van der Waals surface area contributed by atoms with Crippen LogP contribution in [-0.4, -0.2) is 75.2 Å². The van der Waals surface area contributed by atoms with Crippen molar-refractivity contribution in [3.63, 3.8) is 0 Å². The summed E-state index contributed by atoms with van der Waals surface area (Å²) < 4.78 is 33.5. The lowest BCUT2D eigenvalue weighted by atomic mass is 10.1. The van der Waals surface area contributed by atoms with Crippen molar-refractivity contribution >= 4 is 39.2 Å². The number of aromatic nitrogens is 3. The van der Waals surface area contributed by atoms with Gasteiger partial charge in [-0.25, -0.2) is 4.98 Å². The first-order chi connectivity index (χ1) is 17.2. The van der Waals surface area contributed by atoms with Gasteiger partial charge in [-0.05, 0) is 36.7 Å². The van der Waals surface area contributed by atoms with E-state index in [-0.39, 0.29) is 29.5 Å². The molecular weight excluding hydrogens is 526 g/mol. The van der Waals surface area contributed by atoms with Crippen molar-refractivity contribution in [1.29, 1.82) is 0 Å². The van der Waals surface area contributed by atoms with Crippen LogP contribution in [0.25, 0.3) is 11.2 Å². The lowest BCUT2D eigenvalue weighted by Crippen LogP contribution is -2.47. The van der Waals surface area contributed by atoms with Gasteiger partial charge in [0.2, 0.25) is 0 Å². The zero-order valence-electron chi connectivity index (χ0n) is 23.9. The monoisotopic (exact) mass is 569 g/mol. The van der Waals surface area contributed by atoms with Crippen LogP contribution in [0, 0.1) is 0 Å². The summed E-state index contributed by atoms with van der Waals surface area (Å²) in [5, 5.41) is 0.728. The average molecular weight is 570 g/mol. The van der Waals surface area contributed by atoms with Crippen LogP contribution in [0.5, 0.6) is 6.01 Å². The minimum absolute atomic E-state index is 0.0872. The Morgan fingerprint density at radius 3 is 2.32 bits per heavy atom. The minimum Gasteiger partial charge on any atom is -0.456 e. The normalized spacial score (nSPS) is 24.7. The van der Waals surface area contributed by atoms with E-state index < -0.39 is 16.4 Å². The Morgan fingerprint density at radius 1 is 1.05 bits per heavy atom. The highest BCUT2D eigenvalue weighted by Crippen LogP contribution is 2.40. The van der Waals surface area contributed by atoms with Crippen molar-refractivity contribution in [3.05, 3.63) is 16.8 Å². The lowest BCUT2D eigenvalue weighted by Gasteiger charge is -2.39. The maximum Gasteiger partial charge on any atom is 0.301 e. The number of imidazole rings is 1. The predicted octanol–water partition coefficient (Wildman–Crippen LogP) is 5.89. The second-order valence-corrected chi connectivity index (χ2v) is 23.7. The van der Waals surface area contributed by atoms with Crippen molar-refractivity contribution in [3.8, 4) is 6.01 Å². The van der Waals surface area contributed by atoms with Gasteiger partial charge in [0.15, 0.2) is 20.1 Å². The van der Waals surface area contributed by atoms with Gasteiger partial charge < -0.3 is 23.4 Å². The summed E-state index contributed by atoms with van der Waals surface area (Å²) in [4.78, 5) is 9.55. The molecule has 0 saturated carbocycles. The van der Waals surface area contributed by atoms with Crippen LogP contribution in [0.1, 0.15) is 33.4 Å². The van der Waals surface area contributed by atoms with Crippen molar-refractivity contribution < 1.29 is 23.4 Å². The number of hydrogen-bond donors (Lipinski definition) is 0.